The van der Waals surface area contributed by atoms with E-state index in [9.17, 15) is 14.0 Å². The predicted octanol–water partition coefficient (Wildman–Crippen LogP) is 3.12. The second-order valence-electron chi connectivity index (χ2n) is 7.27. The molecule has 1 atom stereocenters. The number of hydrogen-bond donors (Lipinski definition) is 1. The number of carboxylic acids is 1. The average Bonchev–Trinajstić information content (AvgIpc) is 3.29. The number of halogens is 1. The van der Waals surface area contributed by atoms with Gasteiger partial charge in [0.25, 0.3) is 5.91 Å². The van der Waals surface area contributed by atoms with E-state index in [1.165, 1.54) is 12.1 Å². The molecule has 28 heavy (non-hydrogen) atoms. The van der Waals surface area contributed by atoms with E-state index in [0.717, 1.165) is 23.0 Å². The quantitative estimate of drug-likeness (QED) is 0.753. The highest BCUT2D eigenvalue weighted by Gasteiger charge is 2.28. The van der Waals surface area contributed by atoms with Crippen molar-refractivity contribution in [2.75, 3.05) is 13.1 Å². The molecule has 3 aromatic rings. The van der Waals surface area contributed by atoms with E-state index < -0.39 is 11.8 Å². The Morgan fingerprint density at radius 2 is 2.07 bits per heavy atom. The van der Waals surface area contributed by atoms with Crippen LogP contribution in [0.3, 0.4) is 0 Å². The van der Waals surface area contributed by atoms with Crippen LogP contribution in [0.15, 0.2) is 42.6 Å². The van der Waals surface area contributed by atoms with E-state index >= 15 is 0 Å². The fraction of sp³-hybridized carbons (Fsp3) is 0.286. The van der Waals surface area contributed by atoms with Gasteiger partial charge in [-0.2, -0.15) is 0 Å². The molecule has 6 nitrogen and oxygen atoms in total. The van der Waals surface area contributed by atoms with Crippen molar-refractivity contribution in [2.45, 2.75) is 12.8 Å². The number of nitrogens with zero attached hydrogens (tertiary/aromatic N) is 3. The Morgan fingerprint density at radius 3 is 2.86 bits per heavy atom. The van der Waals surface area contributed by atoms with Crippen LogP contribution < -0.4 is 0 Å². The second kappa shape index (κ2) is 7.07. The average molecular weight is 381 g/mol. The third-order valence-electron chi connectivity index (χ3n) is 5.29. The van der Waals surface area contributed by atoms with Crippen LogP contribution in [0.1, 0.15) is 32.8 Å². The summed E-state index contributed by atoms with van der Waals surface area (Å²) < 4.78 is 15.4. The van der Waals surface area contributed by atoms with Crippen LogP contribution in [0, 0.1) is 11.7 Å². The zero-order chi connectivity index (χ0) is 19.8. The Bertz CT molecular complexity index is 1080. The largest absolute Gasteiger partial charge is 0.478 e. The Balaban J connectivity index is 1.46. The minimum atomic E-state index is -1.27. The van der Waals surface area contributed by atoms with Gasteiger partial charge in [0.2, 0.25) is 0 Å². The molecule has 3 heterocycles. The second-order valence-corrected chi connectivity index (χ2v) is 7.27. The molecule has 1 aliphatic heterocycles. The van der Waals surface area contributed by atoms with Crippen LogP contribution in [0.2, 0.25) is 0 Å². The molecule has 0 radical (unpaired) electrons. The van der Waals surface area contributed by atoms with Crippen LogP contribution in [0.4, 0.5) is 4.39 Å². The summed E-state index contributed by atoms with van der Waals surface area (Å²) in [5, 5.41) is 10.1. The first-order chi connectivity index (χ1) is 13.4. The van der Waals surface area contributed by atoms with Gasteiger partial charge in [0.15, 0.2) is 0 Å². The molecule has 1 aliphatic rings. The van der Waals surface area contributed by atoms with Crippen molar-refractivity contribution in [1.82, 2.24) is 14.5 Å². The van der Waals surface area contributed by atoms with Crippen LogP contribution in [0.25, 0.3) is 11.0 Å². The molecule has 1 unspecified atom stereocenters. The number of pyridine rings is 1. The molecular formula is C21H20FN3O3. The number of aromatic carboxylic acids is 1. The Kier molecular flexibility index (Phi) is 4.58. The van der Waals surface area contributed by atoms with Gasteiger partial charge in [-0.25, -0.2) is 14.2 Å². The summed E-state index contributed by atoms with van der Waals surface area (Å²) in [6, 6.07) is 9.78. The van der Waals surface area contributed by atoms with Crippen molar-refractivity contribution in [3.8, 4) is 0 Å². The van der Waals surface area contributed by atoms with Gasteiger partial charge < -0.3 is 14.6 Å². The summed E-state index contributed by atoms with van der Waals surface area (Å²) in [6.07, 6.45) is 3.33. The van der Waals surface area contributed by atoms with Crippen LogP contribution in [-0.4, -0.2) is 44.5 Å². The monoisotopic (exact) mass is 381 g/mol. The van der Waals surface area contributed by atoms with Gasteiger partial charge in [-0.15, -0.1) is 0 Å². The number of fused-ring (bicyclic) bond motifs is 1. The summed E-state index contributed by atoms with van der Waals surface area (Å²) in [5.74, 6) is -1.91. The molecule has 0 spiro atoms. The Morgan fingerprint density at radius 1 is 1.25 bits per heavy atom. The summed E-state index contributed by atoms with van der Waals surface area (Å²) in [5.41, 5.74) is 1.64. The van der Waals surface area contributed by atoms with E-state index in [4.69, 9.17) is 5.11 Å². The smallest absolute Gasteiger partial charge is 0.338 e. The highest BCUT2D eigenvalue weighted by molar-refractivity contribution is 5.94. The van der Waals surface area contributed by atoms with Crippen molar-refractivity contribution in [2.24, 2.45) is 13.0 Å². The highest BCUT2D eigenvalue weighted by Crippen LogP contribution is 2.24. The topological polar surface area (TPSA) is 75.4 Å². The Hall–Kier alpha value is -3.22. The lowest BCUT2D eigenvalue weighted by Gasteiger charge is -2.16. The minimum Gasteiger partial charge on any atom is -0.478 e. The normalized spacial score (nSPS) is 16.6. The fourth-order valence-corrected chi connectivity index (χ4v) is 3.80. The van der Waals surface area contributed by atoms with Gasteiger partial charge in [-0.05, 0) is 54.7 Å². The van der Waals surface area contributed by atoms with Crippen molar-refractivity contribution in [1.29, 1.82) is 0 Å². The van der Waals surface area contributed by atoms with Gasteiger partial charge >= 0.3 is 5.97 Å². The lowest BCUT2D eigenvalue weighted by molar-refractivity contribution is 0.0691. The molecule has 0 bridgehead atoms. The highest BCUT2D eigenvalue weighted by atomic mass is 19.1. The number of carbonyl (C=O) groups is 2. The standard InChI is InChI=1S/C21H20FN3O3/c1-24-8-7-15-3-5-18(23-19(15)24)20(26)25-9-6-14(12-25)10-13-2-4-17(22)16(11-13)21(27)28/h2-5,7-8,11,14H,6,9-10,12H2,1H3,(H,27,28). The predicted molar refractivity (Wildman–Crippen MR) is 102 cm³/mol. The summed E-state index contributed by atoms with van der Waals surface area (Å²) in [7, 11) is 1.89. The number of aryl methyl sites for hydroxylation is 1. The third-order valence-corrected chi connectivity index (χ3v) is 5.29. The molecular weight excluding hydrogens is 361 g/mol. The molecule has 1 fully saturated rings. The molecule has 0 saturated carbocycles. The van der Waals surface area contributed by atoms with Crippen LogP contribution in [-0.2, 0) is 13.5 Å². The first-order valence-electron chi connectivity index (χ1n) is 9.15. The number of carboxylic acid groups (broad SMARTS) is 1. The van der Waals surface area contributed by atoms with Crippen molar-refractivity contribution in [3.63, 3.8) is 0 Å². The zero-order valence-corrected chi connectivity index (χ0v) is 15.4. The summed E-state index contributed by atoms with van der Waals surface area (Å²) in [4.78, 5) is 30.2. The number of benzene rings is 1. The van der Waals surface area contributed by atoms with E-state index in [-0.39, 0.29) is 17.4 Å². The van der Waals surface area contributed by atoms with Crippen LogP contribution >= 0.6 is 0 Å². The van der Waals surface area contributed by atoms with Gasteiger partial charge in [0.05, 0.1) is 5.56 Å². The van der Waals surface area contributed by atoms with Gasteiger partial charge in [-0.3, -0.25) is 4.79 Å². The molecule has 7 heteroatoms. The molecule has 4 rings (SSSR count). The Labute approximate surface area is 161 Å². The number of carbonyl (C=O) groups excluding carboxylic acids is 1. The number of likely N-dealkylation sites (tertiary alicyclic amines) is 1. The van der Waals surface area contributed by atoms with E-state index in [0.29, 0.717) is 25.2 Å². The molecule has 0 aliphatic carbocycles. The maximum Gasteiger partial charge on any atom is 0.338 e. The van der Waals surface area contributed by atoms with Crippen molar-refractivity contribution >= 4 is 22.9 Å². The SMILES string of the molecule is Cn1ccc2ccc(C(=O)N3CCC(Cc4ccc(F)c(C(=O)O)c4)C3)nc21. The number of aromatic nitrogens is 2. The summed E-state index contributed by atoms with van der Waals surface area (Å²) in [6.45, 7) is 1.20. The van der Waals surface area contributed by atoms with Crippen molar-refractivity contribution in [3.05, 3.63) is 65.2 Å². The minimum absolute atomic E-state index is 0.101. The first-order valence-corrected chi connectivity index (χ1v) is 9.15. The van der Waals surface area contributed by atoms with E-state index in [1.807, 2.05) is 29.9 Å². The molecule has 144 valence electrons. The van der Waals surface area contributed by atoms with E-state index in [2.05, 4.69) is 4.98 Å². The fourth-order valence-electron chi connectivity index (χ4n) is 3.80. The third kappa shape index (κ3) is 3.35. The first kappa shape index (κ1) is 18.2. The maximum absolute atomic E-state index is 13.6. The number of hydrogen-bond acceptors (Lipinski definition) is 3. The number of amides is 1. The number of rotatable bonds is 4. The molecule has 1 N–H and O–H groups in total. The van der Waals surface area contributed by atoms with E-state index in [1.54, 1.807) is 17.0 Å². The molecule has 1 amide bonds. The molecule has 1 aromatic carbocycles. The maximum atomic E-state index is 13.6. The zero-order valence-electron chi connectivity index (χ0n) is 15.4. The summed E-state index contributed by atoms with van der Waals surface area (Å²) >= 11 is 0. The lowest BCUT2D eigenvalue weighted by atomic mass is 9.97. The van der Waals surface area contributed by atoms with Gasteiger partial charge in [-0.1, -0.05) is 6.07 Å². The van der Waals surface area contributed by atoms with Crippen LogP contribution in [0.5, 0.6) is 0 Å². The van der Waals surface area contributed by atoms with Gasteiger partial charge in [0, 0.05) is 31.7 Å². The molecule has 2 aromatic heterocycles. The lowest BCUT2D eigenvalue weighted by Crippen LogP contribution is -2.29. The van der Waals surface area contributed by atoms with Crippen molar-refractivity contribution < 1.29 is 19.1 Å². The molecule has 1 saturated heterocycles. The van der Waals surface area contributed by atoms with Gasteiger partial charge in [0.1, 0.15) is 17.2 Å².